The number of carbonyl (C=O) groups excluding carboxylic acids is 1. The molecule has 2 aromatic rings. The molecule has 0 saturated carbocycles. The highest BCUT2D eigenvalue weighted by atomic mass is 32.2. The zero-order valence-electron chi connectivity index (χ0n) is 15.2. The van der Waals surface area contributed by atoms with Gasteiger partial charge in [0.25, 0.3) is 5.56 Å². The minimum Gasteiger partial charge on any atom is -0.396 e. The molecule has 0 amide bonds. The summed E-state index contributed by atoms with van der Waals surface area (Å²) in [5, 5.41) is 6.89. The van der Waals surface area contributed by atoms with Crippen LogP contribution >= 0.6 is 0 Å². The van der Waals surface area contributed by atoms with E-state index in [1.165, 1.54) is 16.7 Å². The number of aromatic nitrogens is 2. The number of fused-ring (bicyclic) bond motifs is 1. The molecule has 2 heterocycles. The molecule has 1 aliphatic heterocycles. The van der Waals surface area contributed by atoms with Crippen molar-refractivity contribution >= 4 is 21.5 Å². The Morgan fingerprint density at radius 1 is 1.30 bits per heavy atom. The Morgan fingerprint density at radius 3 is 2.63 bits per heavy atom. The Balaban J connectivity index is 2.33. The molecular formula is C18H19N3O5S. The van der Waals surface area contributed by atoms with E-state index in [2.05, 4.69) is 10.3 Å². The first-order chi connectivity index (χ1) is 12.9. The van der Waals surface area contributed by atoms with E-state index in [1.807, 2.05) is 6.92 Å². The van der Waals surface area contributed by atoms with Crippen molar-refractivity contribution in [1.29, 1.82) is 0 Å². The fourth-order valence-corrected chi connectivity index (χ4v) is 4.67. The van der Waals surface area contributed by atoms with Crippen LogP contribution in [0, 0.1) is 6.92 Å². The Hall–Kier alpha value is -2.90. The van der Waals surface area contributed by atoms with Crippen molar-refractivity contribution in [3.63, 3.8) is 0 Å². The molecule has 0 fully saturated rings. The molecule has 0 bridgehead atoms. The largest absolute Gasteiger partial charge is 0.396 e. The number of hydrogen-bond acceptors (Lipinski definition) is 6. The normalized spacial score (nSPS) is 16.9. The number of nitrogens with one attached hydrogen (secondary N) is 1. The average Bonchev–Trinajstić information content (AvgIpc) is 3.01. The van der Waals surface area contributed by atoms with Gasteiger partial charge in [-0.25, -0.2) is 13.2 Å². The number of sulfone groups is 1. The van der Waals surface area contributed by atoms with Gasteiger partial charge in [-0.15, -0.1) is 0 Å². The van der Waals surface area contributed by atoms with Gasteiger partial charge < -0.3 is 9.94 Å². The average molecular weight is 389 g/mol. The fraction of sp³-hybridized carbons (Fsp3) is 0.333. The number of hydrogen-bond donors (Lipinski definition) is 1. The number of aryl methyl sites for hydroxylation is 1. The van der Waals surface area contributed by atoms with Crippen molar-refractivity contribution < 1.29 is 18.0 Å². The number of nitrogens with zero attached hydrogens (tertiary/aromatic N) is 2. The summed E-state index contributed by atoms with van der Waals surface area (Å²) in [5.41, 5.74) is 2.10. The van der Waals surface area contributed by atoms with Crippen LogP contribution in [0.25, 0.3) is 11.1 Å². The lowest BCUT2D eigenvalue weighted by molar-refractivity contribution is 0.158. The molecule has 1 aliphatic rings. The zero-order chi connectivity index (χ0) is 19.8. The van der Waals surface area contributed by atoms with Crippen molar-refractivity contribution in [2.75, 3.05) is 6.61 Å². The SMILES string of the molecule is CCON=C1CC(=C=O)S(=O)(=O)c2ccc(-c3c[nH]n(CC)c3=O)c(C)c21. The van der Waals surface area contributed by atoms with Gasteiger partial charge in [0, 0.05) is 24.7 Å². The van der Waals surface area contributed by atoms with Gasteiger partial charge in [0.2, 0.25) is 9.84 Å². The van der Waals surface area contributed by atoms with Crippen molar-refractivity contribution in [3.05, 3.63) is 44.7 Å². The molecule has 0 saturated heterocycles. The summed E-state index contributed by atoms with van der Waals surface area (Å²) in [5.74, 6) is 1.51. The Morgan fingerprint density at radius 2 is 2.04 bits per heavy atom. The van der Waals surface area contributed by atoms with E-state index < -0.39 is 9.84 Å². The standard InChI is InChI=1S/C18H19N3O5S/c1-4-21-18(23)14(9-19-21)13-6-7-16-17(11(13)3)15(20-26-5-2)8-12(10-22)27(16,24)25/h6-7,9,19H,4-5,8H2,1-3H3. The van der Waals surface area contributed by atoms with Gasteiger partial charge in [0.1, 0.15) is 17.5 Å². The second kappa shape index (κ2) is 7.02. The van der Waals surface area contributed by atoms with Gasteiger partial charge in [-0.05, 0) is 38.0 Å². The molecule has 9 heteroatoms. The van der Waals surface area contributed by atoms with E-state index in [-0.39, 0.29) is 21.8 Å². The molecule has 1 N–H and O–H groups in total. The molecule has 1 aromatic heterocycles. The van der Waals surface area contributed by atoms with E-state index >= 15 is 0 Å². The van der Waals surface area contributed by atoms with Crippen LogP contribution in [0.2, 0.25) is 0 Å². The maximum Gasteiger partial charge on any atom is 0.274 e. The van der Waals surface area contributed by atoms with Crippen LogP contribution < -0.4 is 5.56 Å². The van der Waals surface area contributed by atoms with Crippen LogP contribution in [-0.2, 0) is 26.0 Å². The van der Waals surface area contributed by atoms with Crippen LogP contribution in [0.4, 0.5) is 0 Å². The van der Waals surface area contributed by atoms with Crippen LogP contribution in [0.15, 0.2) is 38.1 Å². The van der Waals surface area contributed by atoms with Crippen LogP contribution in [0.5, 0.6) is 0 Å². The Kier molecular flexibility index (Phi) is 4.91. The summed E-state index contributed by atoms with van der Waals surface area (Å²) in [6.07, 6.45) is 1.39. The molecule has 0 spiro atoms. The Labute approximate surface area is 156 Å². The summed E-state index contributed by atoms with van der Waals surface area (Å²) in [6.45, 7) is 6.10. The number of allylic oxidation sites excluding steroid dienone is 1. The fourth-order valence-electron chi connectivity index (χ4n) is 3.18. The Bertz CT molecular complexity index is 1150. The lowest BCUT2D eigenvalue weighted by Crippen LogP contribution is -2.23. The number of benzene rings is 1. The lowest BCUT2D eigenvalue weighted by Gasteiger charge is -2.22. The first-order valence-electron chi connectivity index (χ1n) is 8.47. The van der Waals surface area contributed by atoms with Crippen LogP contribution in [-0.4, -0.2) is 36.5 Å². The van der Waals surface area contributed by atoms with Gasteiger partial charge in [-0.2, -0.15) is 0 Å². The van der Waals surface area contributed by atoms with Gasteiger partial charge in [0.05, 0.1) is 16.2 Å². The molecule has 142 valence electrons. The summed E-state index contributed by atoms with van der Waals surface area (Å²) in [6, 6.07) is 2.97. The number of oxime groups is 1. The lowest BCUT2D eigenvalue weighted by atomic mass is 9.94. The summed E-state index contributed by atoms with van der Waals surface area (Å²) < 4.78 is 26.9. The minimum atomic E-state index is -3.96. The van der Waals surface area contributed by atoms with Crippen molar-refractivity contribution in [2.24, 2.45) is 5.16 Å². The molecule has 0 unspecified atom stereocenters. The first kappa shape index (κ1) is 18.9. The second-order valence-electron chi connectivity index (χ2n) is 6.01. The van der Waals surface area contributed by atoms with E-state index in [1.54, 1.807) is 26.1 Å². The van der Waals surface area contributed by atoms with Crippen LogP contribution in [0.3, 0.4) is 0 Å². The summed E-state index contributed by atoms with van der Waals surface area (Å²) in [4.78, 5) is 28.4. The molecule has 0 atom stereocenters. The van der Waals surface area contributed by atoms with Crippen molar-refractivity contribution in [1.82, 2.24) is 9.78 Å². The predicted octanol–water partition coefficient (Wildman–Crippen LogP) is 1.81. The highest BCUT2D eigenvalue weighted by Gasteiger charge is 2.36. The highest BCUT2D eigenvalue weighted by molar-refractivity contribution is 7.95. The molecule has 0 radical (unpaired) electrons. The maximum atomic E-state index is 12.7. The minimum absolute atomic E-state index is 0.0295. The third kappa shape index (κ3) is 2.94. The maximum absolute atomic E-state index is 12.7. The number of H-pyrrole nitrogens is 1. The summed E-state index contributed by atoms with van der Waals surface area (Å²) >= 11 is 0. The molecular weight excluding hydrogens is 370 g/mol. The number of aromatic amines is 1. The van der Waals surface area contributed by atoms with Gasteiger partial charge in [-0.3, -0.25) is 9.48 Å². The van der Waals surface area contributed by atoms with E-state index in [0.717, 1.165) is 0 Å². The monoisotopic (exact) mass is 389 g/mol. The van der Waals surface area contributed by atoms with Gasteiger partial charge in [-0.1, -0.05) is 11.2 Å². The smallest absolute Gasteiger partial charge is 0.274 e. The second-order valence-corrected chi connectivity index (χ2v) is 7.95. The zero-order valence-corrected chi connectivity index (χ0v) is 16.0. The summed E-state index contributed by atoms with van der Waals surface area (Å²) in [7, 11) is -3.96. The third-order valence-electron chi connectivity index (χ3n) is 4.52. The van der Waals surface area contributed by atoms with Gasteiger partial charge in [0.15, 0.2) is 0 Å². The van der Waals surface area contributed by atoms with Gasteiger partial charge >= 0.3 is 0 Å². The molecule has 0 aliphatic carbocycles. The van der Waals surface area contributed by atoms with Crippen molar-refractivity contribution in [3.8, 4) is 11.1 Å². The first-order valence-corrected chi connectivity index (χ1v) is 9.95. The highest BCUT2D eigenvalue weighted by Crippen LogP contribution is 2.37. The van der Waals surface area contributed by atoms with Crippen LogP contribution in [0.1, 0.15) is 31.4 Å². The van der Waals surface area contributed by atoms with E-state index in [9.17, 15) is 18.0 Å². The molecule has 8 nitrogen and oxygen atoms in total. The van der Waals surface area contributed by atoms with Crippen molar-refractivity contribution in [2.45, 2.75) is 38.6 Å². The van der Waals surface area contributed by atoms with E-state index in [4.69, 9.17) is 4.84 Å². The predicted molar refractivity (Wildman–Crippen MR) is 100 cm³/mol. The molecule has 27 heavy (non-hydrogen) atoms. The topological polar surface area (TPSA) is 111 Å². The quantitative estimate of drug-likeness (QED) is 0.633. The number of rotatable bonds is 4. The third-order valence-corrected chi connectivity index (χ3v) is 6.32. The van der Waals surface area contributed by atoms with E-state index in [0.29, 0.717) is 41.1 Å². The molecule has 3 rings (SSSR count). The molecule has 1 aromatic carbocycles.